The van der Waals surface area contributed by atoms with Crippen molar-refractivity contribution in [3.8, 4) is 0 Å². The van der Waals surface area contributed by atoms with E-state index in [9.17, 15) is 0 Å². The molecule has 0 bridgehead atoms. The molecule has 0 heterocycles. The number of rotatable bonds is 5. The van der Waals surface area contributed by atoms with Crippen LogP contribution in [0.15, 0.2) is 36.5 Å². The second-order valence-electron chi connectivity index (χ2n) is 5.88. The van der Waals surface area contributed by atoms with Crippen LogP contribution in [0.1, 0.15) is 66.2 Å². The molecule has 0 radical (unpaired) electrons. The van der Waals surface area contributed by atoms with E-state index in [1.165, 1.54) is 37.7 Å². The zero-order valence-corrected chi connectivity index (χ0v) is 12.9. The zero-order valence-electron chi connectivity index (χ0n) is 12.9. The molecule has 2 atom stereocenters. The SMILES string of the molecule is C=CC[C@@H](C)CCC=C(C)C.C[C@@H]1CC=CCC1. The van der Waals surface area contributed by atoms with Crippen LogP contribution in [0.2, 0.25) is 0 Å². The lowest BCUT2D eigenvalue weighted by Gasteiger charge is -2.09. The predicted octanol–water partition coefficient (Wildman–Crippen LogP) is 6.31. The van der Waals surface area contributed by atoms with Crippen LogP contribution in [-0.4, -0.2) is 0 Å². The molecule has 1 aliphatic rings. The van der Waals surface area contributed by atoms with Gasteiger partial charge in [0.15, 0.2) is 0 Å². The fraction of sp³-hybridized carbons (Fsp3) is 0.667. The third-order valence-corrected chi connectivity index (χ3v) is 3.31. The molecule has 1 rings (SSSR count). The van der Waals surface area contributed by atoms with Gasteiger partial charge in [-0.3, -0.25) is 0 Å². The molecule has 0 amide bonds. The molecular formula is C18H32. The third kappa shape index (κ3) is 11.7. The van der Waals surface area contributed by atoms with Crippen LogP contribution in [0.3, 0.4) is 0 Å². The maximum Gasteiger partial charge on any atom is -0.0325 e. The van der Waals surface area contributed by atoms with Crippen molar-refractivity contribution in [1.29, 1.82) is 0 Å². The summed E-state index contributed by atoms with van der Waals surface area (Å²) >= 11 is 0. The summed E-state index contributed by atoms with van der Waals surface area (Å²) in [5.74, 6) is 1.74. The number of allylic oxidation sites excluding steroid dienone is 5. The molecule has 0 saturated heterocycles. The molecule has 0 aromatic carbocycles. The Morgan fingerprint density at radius 2 is 2.11 bits per heavy atom. The molecule has 0 aromatic rings. The maximum absolute atomic E-state index is 3.73. The maximum atomic E-state index is 3.73. The van der Waals surface area contributed by atoms with Gasteiger partial charge in [0.2, 0.25) is 0 Å². The molecule has 0 unspecified atom stereocenters. The van der Waals surface area contributed by atoms with Gasteiger partial charge >= 0.3 is 0 Å². The fourth-order valence-electron chi connectivity index (χ4n) is 2.00. The van der Waals surface area contributed by atoms with E-state index in [0.717, 1.165) is 18.3 Å². The van der Waals surface area contributed by atoms with E-state index in [1.54, 1.807) is 0 Å². The summed E-state index contributed by atoms with van der Waals surface area (Å²) in [7, 11) is 0. The summed E-state index contributed by atoms with van der Waals surface area (Å²) in [4.78, 5) is 0. The predicted molar refractivity (Wildman–Crippen MR) is 84.8 cm³/mol. The minimum absolute atomic E-state index is 0.795. The fourth-order valence-corrected chi connectivity index (χ4v) is 2.00. The van der Waals surface area contributed by atoms with Gasteiger partial charge in [-0.25, -0.2) is 0 Å². The van der Waals surface area contributed by atoms with Crippen molar-refractivity contribution in [3.63, 3.8) is 0 Å². The van der Waals surface area contributed by atoms with Crippen molar-refractivity contribution in [2.45, 2.75) is 66.2 Å². The van der Waals surface area contributed by atoms with Crippen LogP contribution in [-0.2, 0) is 0 Å². The van der Waals surface area contributed by atoms with Crippen molar-refractivity contribution >= 4 is 0 Å². The average Bonchev–Trinajstić information content (AvgIpc) is 2.30. The standard InChI is InChI=1S/C11H20.C7H12/c1-5-7-11(4)9-6-8-10(2)3;1-7-5-3-2-4-6-7/h5,8,11H,1,6-7,9H2,2-4H3;2-3,7H,4-6H2,1H3/t11-;7-/m11/s1. The molecule has 0 heteroatoms. The summed E-state index contributed by atoms with van der Waals surface area (Å²) in [5.41, 5.74) is 1.43. The van der Waals surface area contributed by atoms with E-state index in [0.29, 0.717) is 0 Å². The summed E-state index contributed by atoms with van der Waals surface area (Å²) in [6, 6.07) is 0. The van der Waals surface area contributed by atoms with Crippen molar-refractivity contribution in [1.82, 2.24) is 0 Å². The second-order valence-corrected chi connectivity index (χ2v) is 5.88. The van der Waals surface area contributed by atoms with Gasteiger partial charge in [-0.15, -0.1) is 6.58 Å². The molecule has 0 nitrogen and oxygen atoms in total. The molecule has 0 N–H and O–H groups in total. The van der Waals surface area contributed by atoms with E-state index in [4.69, 9.17) is 0 Å². The van der Waals surface area contributed by atoms with Crippen LogP contribution < -0.4 is 0 Å². The van der Waals surface area contributed by atoms with Crippen LogP contribution in [0.4, 0.5) is 0 Å². The van der Waals surface area contributed by atoms with Crippen LogP contribution in [0.5, 0.6) is 0 Å². The largest absolute Gasteiger partial charge is 0.103 e. The quantitative estimate of drug-likeness (QED) is 0.500. The minimum atomic E-state index is 0.795. The molecule has 0 aromatic heterocycles. The first kappa shape index (κ1) is 17.2. The minimum Gasteiger partial charge on any atom is -0.103 e. The lowest BCUT2D eigenvalue weighted by atomic mass is 9.97. The van der Waals surface area contributed by atoms with Gasteiger partial charge < -0.3 is 0 Å². The van der Waals surface area contributed by atoms with Crippen molar-refractivity contribution in [3.05, 3.63) is 36.5 Å². The van der Waals surface area contributed by atoms with Crippen LogP contribution in [0, 0.1) is 11.8 Å². The summed E-state index contributed by atoms with van der Waals surface area (Å²) < 4.78 is 0. The molecule has 0 saturated carbocycles. The molecule has 0 spiro atoms. The Labute approximate surface area is 115 Å². The van der Waals surface area contributed by atoms with Gasteiger partial charge in [-0.05, 0) is 64.2 Å². The molecular weight excluding hydrogens is 216 g/mol. The number of hydrogen-bond donors (Lipinski definition) is 0. The highest BCUT2D eigenvalue weighted by Gasteiger charge is 2.00. The molecule has 0 aliphatic heterocycles. The van der Waals surface area contributed by atoms with Gasteiger partial charge in [0, 0.05) is 0 Å². The van der Waals surface area contributed by atoms with E-state index in [2.05, 4.69) is 52.5 Å². The van der Waals surface area contributed by atoms with E-state index >= 15 is 0 Å². The van der Waals surface area contributed by atoms with Crippen molar-refractivity contribution in [2.24, 2.45) is 11.8 Å². The highest BCUT2D eigenvalue weighted by atomic mass is 14.1. The van der Waals surface area contributed by atoms with E-state index in [-0.39, 0.29) is 0 Å². The summed E-state index contributed by atoms with van der Waals surface area (Å²) in [6.07, 6.45) is 16.5. The van der Waals surface area contributed by atoms with Gasteiger partial charge in [-0.2, -0.15) is 0 Å². The van der Waals surface area contributed by atoms with Gasteiger partial charge in [0.25, 0.3) is 0 Å². The monoisotopic (exact) mass is 248 g/mol. The van der Waals surface area contributed by atoms with Crippen molar-refractivity contribution in [2.75, 3.05) is 0 Å². The first-order valence-electron chi connectivity index (χ1n) is 7.45. The smallest absolute Gasteiger partial charge is 0.0325 e. The Bertz CT molecular complexity index is 253. The highest BCUT2D eigenvalue weighted by Crippen LogP contribution is 2.15. The lowest BCUT2D eigenvalue weighted by Crippen LogP contribution is -1.94. The second kappa shape index (κ2) is 11.3. The van der Waals surface area contributed by atoms with E-state index < -0.39 is 0 Å². The Morgan fingerprint density at radius 1 is 1.39 bits per heavy atom. The Kier molecular flexibility index (Phi) is 10.8. The van der Waals surface area contributed by atoms with Gasteiger partial charge in [0.1, 0.15) is 0 Å². The lowest BCUT2D eigenvalue weighted by molar-refractivity contribution is 0.527. The van der Waals surface area contributed by atoms with Crippen molar-refractivity contribution < 1.29 is 0 Å². The molecule has 1 aliphatic carbocycles. The van der Waals surface area contributed by atoms with Crippen LogP contribution >= 0.6 is 0 Å². The Balaban J connectivity index is 0.000000351. The molecule has 104 valence electrons. The number of hydrogen-bond acceptors (Lipinski definition) is 0. The Morgan fingerprint density at radius 3 is 2.50 bits per heavy atom. The molecule has 0 fully saturated rings. The topological polar surface area (TPSA) is 0 Å². The van der Waals surface area contributed by atoms with Gasteiger partial charge in [-0.1, -0.05) is 43.7 Å². The van der Waals surface area contributed by atoms with Gasteiger partial charge in [0.05, 0.1) is 0 Å². The summed E-state index contributed by atoms with van der Waals surface area (Å²) in [6.45, 7) is 12.6. The molecule has 18 heavy (non-hydrogen) atoms. The third-order valence-electron chi connectivity index (χ3n) is 3.31. The van der Waals surface area contributed by atoms with Crippen LogP contribution in [0.25, 0.3) is 0 Å². The average molecular weight is 248 g/mol. The summed E-state index contributed by atoms with van der Waals surface area (Å²) in [5, 5.41) is 0. The zero-order chi connectivity index (χ0) is 13.8. The highest BCUT2D eigenvalue weighted by molar-refractivity contribution is 4.93. The first-order chi connectivity index (χ1) is 8.56. The van der Waals surface area contributed by atoms with E-state index in [1.807, 2.05) is 6.08 Å². The normalized spacial score (nSPS) is 19.4. The first-order valence-corrected chi connectivity index (χ1v) is 7.45. The Hall–Kier alpha value is -0.780.